The molecule has 0 unspecified atom stereocenters. The first kappa shape index (κ1) is 23.7. The first-order valence-electron chi connectivity index (χ1n) is 11.4. The minimum Gasteiger partial charge on any atom is -0.366 e. The largest absolute Gasteiger partial charge is 0.366 e. The summed E-state index contributed by atoms with van der Waals surface area (Å²) in [5.74, 6) is -1.61. The van der Waals surface area contributed by atoms with E-state index in [4.69, 9.17) is 33.7 Å². The molecule has 2 aromatic heterocycles. The minimum absolute atomic E-state index is 0.0216. The molecule has 0 radical (unpaired) electrons. The molecular weight excluding hydrogens is 499 g/mol. The van der Waals surface area contributed by atoms with Crippen molar-refractivity contribution in [2.24, 2.45) is 11.7 Å². The number of halogens is 2. The highest BCUT2D eigenvalue weighted by molar-refractivity contribution is 7.17. The number of thiazole rings is 1. The fourth-order valence-corrected chi connectivity index (χ4v) is 6.80. The number of carbonyl (C=O) groups is 3. The van der Waals surface area contributed by atoms with Gasteiger partial charge in [-0.1, -0.05) is 30.9 Å². The molecule has 1 saturated carbocycles. The van der Waals surface area contributed by atoms with Crippen molar-refractivity contribution in [2.75, 3.05) is 13.2 Å². The number of fused-ring (bicyclic) bond motifs is 1. The van der Waals surface area contributed by atoms with Crippen molar-refractivity contribution in [1.29, 1.82) is 0 Å². The van der Waals surface area contributed by atoms with Crippen molar-refractivity contribution in [3.63, 3.8) is 0 Å². The van der Waals surface area contributed by atoms with Crippen molar-refractivity contribution < 1.29 is 19.1 Å². The summed E-state index contributed by atoms with van der Waals surface area (Å²) in [5.41, 5.74) is 6.78. The van der Waals surface area contributed by atoms with Gasteiger partial charge in [0.05, 0.1) is 21.9 Å². The summed E-state index contributed by atoms with van der Waals surface area (Å²) < 4.78 is 5.58. The van der Waals surface area contributed by atoms with Crippen LogP contribution < -0.4 is 5.73 Å². The van der Waals surface area contributed by atoms with E-state index in [0.29, 0.717) is 21.3 Å². The molecule has 34 heavy (non-hydrogen) atoms. The monoisotopic (exact) mass is 522 g/mol. The van der Waals surface area contributed by atoms with Crippen LogP contribution in [0.1, 0.15) is 53.5 Å². The summed E-state index contributed by atoms with van der Waals surface area (Å²) in [6.45, 7) is 0.190. The second kappa shape index (κ2) is 9.53. The van der Waals surface area contributed by atoms with Crippen LogP contribution in [0.4, 0.5) is 0 Å². The number of pyridine rings is 1. The predicted octanol–water partition coefficient (Wildman–Crippen LogP) is 3.41. The summed E-state index contributed by atoms with van der Waals surface area (Å²) >= 11 is 13.6. The average Bonchev–Trinajstić information content (AvgIpc) is 3.52. The Labute approximate surface area is 210 Å². The third-order valence-electron chi connectivity index (χ3n) is 6.94. The molecule has 3 aliphatic rings. The Morgan fingerprint density at radius 1 is 1.24 bits per heavy atom. The summed E-state index contributed by atoms with van der Waals surface area (Å²) in [6.07, 6.45) is 5.93. The molecule has 2 aromatic rings. The number of hydrogen-bond acceptors (Lipinski definition) is 7. The van der Waals surface area contributed by atoms with E-state index in [1.165, 1.54) is 0 Å². The second-order valence-electron chi connectivity index (χ2n) is 9.04. The Morgan fingerprint density at radius 3 is 2.68 bits per heavy atom. The molecule has 1 aliphatic carbocycles. The maximum Gasteiger partial charge on any atom is 0.277 e. The van der Waals surface area contributed by atoms with Gasteiger partial charge < -0.3 is 15.4 Å². The average molecular weight is 523 g/mol. The maximum atomic E-state index is 14.2. The third-order valence-corrected chi connectivity index (χ3v) is 8.69. The number of primary amides is 1. The van der Waals surface area contributed by atoms with E-state index in [-0.39, 0.29) is 35.8 Å². The molecule has 11 heteroatoms. The zero-order valence-corrected chi connectivity index (χ0v) is 20.6. The number of amides is 2. The molecule has 2 amide bonds. The number of hydrogen-bond donors (Lipinski definition) is 1. The Hall–Kier alpha value is -2.07. The van der Waals surface area contributed by atoms with Crippen LogP contribution in [0.15, 0.2) is 18.3 Å². The van der Waals surface area contributed by atoms with Crippen LogP contribution in [-0.4, -0.2) is 63.1 Å². The summed E-state index contributed by atoms with van der Waals surface area (Å²) in [4.78, 5) is 49.8. The Kier molecular flexibility index (Phi) is 6.63. The molecule has 4 heterocycles. The van der Waals surface area contributed by atoms with Gasteiger partial charge in [0.2, 0.25) is 5.91 Å². The van der Waals surface area contributed by atoms with Crippen LogP contribution in [-0.2, 0) is 14.3 Å². The van der Waals surface area contributed by atoms with Crippen molar-refractivity contribution >= 4 is 52.1 Å². The quantitative estimate of drug-likeness (QED) is 0.475. The van der Waals surface area contributed by atoms with Gasteiger partial charge in [0.25, 0.3) is 5.91 Å². The van der Waals surface area contributed by atoms with Gasteiger partial charge in [0.1, 0.15) is 23.9 Å². The second-order valence-corrected chi connectivity index (χ2v) is 11.0. The first-order valence-corrected chi connectivity index (χ1v) is 13.0. The van der Waals surface area contributed by atoms with E-state index in [2.05, 4.69) is 9.97 Å². The van der Waals surface area contributed by atoms with Crippen molar-refractivity contribution in [2.45, 2.75) is 55.5 Å². The Morgan fingerprint density at radius 2 is 2.00 bits per heavy atom. The van der Waals surface area contributed by atoms with Gasteiger partial charge in [0, 0.05) is 18.3 Å². The van der Waals surface area contributed by atoms with E-state index in [1.807, 2.05) is 0 Å². The van der Waals surface area contributed by atoms with Crippen LogP contribution in [0.2, 0.25) is 5.15 Å². The molecule has 0 aromatic carbocycles. The number of ether oxygens (including phenoxy) is 1. The van der Waals surface area contributed by atoms with Gasteiger partial charge in [-0.15, -0.1) is 22.9 Å². The summed E-state index contributed by atoms with van der Waals surface area (Å²) in [5, 5.41) is 0.00756. The molecule has 2 aliphatic heterocycles. The predicted molar refractivity (Wildman–Crippen MR) is 128 cm³/mol. The number of rotatable bonds is 5. The molecular formula is C23H24Cl2N4O4S. The maximum absolute atomic E-state index is 14.2. The molecule has 4 atom stereocenters. The van der Waals surface area contributed by atoms with Gasteiger partial charge in [-0.25, -0.2) is 9.97 Å². The molecule has 3 fully saturated rings. The smallest absolute Gasteiger partial charge is 0.277 e. The number of nitrogens with zero attached hydrogens (tertiary/aromatic N) is 3. The van der Waals surface area contributed by atoms with E-state index < -0.39 is 29.3 Å². The normalized spacial score (nSPS) is 26.0. The minimum atomic E-state index is -0.684. The number of nitrogens with two attached hydrogens (primary N) is 1. The molecule has 0 bridgehead atoms. The van der Waals surface area contributed by atoms with Gasteiger partial charge in [-0.2, -0.15) is 0 Å². The lowest BCUT2D eigenvalue weighted by atomic mass is 9.77. The number of Topliss-reactive ketones (excluding diaryl/α,β-unsaturated/α-hetero) is 1. The zero-order valence-electron chi connectivity index (χ0n) is 18.3. The van der Waals surface area contributed by atoms with Crippen molar-refractivity contribution in [1.82, 2.24) is 14.9 Å². The third kappa shape index (κ3) is 4.23. The van der Waals surface area contributed by atoms with Gasteiger partial charge >= 0.3 is 0 Å². The number of ketones is 1. The lowest BCUT2D eigenvalue weighted by Gasteiger charge is -2.33. The van der Waals surface area contributed by atoms with Crippen LogP contribution >= 0.6 is 34.5 Å². The van der Waals surface area contributed by atoms with E-state index in [0.717, 1.165) is 43.4 Å². The lowest BCUT2D eigenvalue weighted by molar-refractivity contribution is -0.139. The van der Waals surface area contributed by atoms with Crippen LogP contribution in [0.3, 0.4) is 0 Å². The standard InChI is InChI=1S/C23H24Cl2N4O4S/c24-13-9-29(18-14(30)10-33-19(13)18)23(32)16(11-4-2-1-3-5-11)17-20(34-22(28-17)21(26)31)12-6-7-15(25)27-8-12/h6-8,11,13,16,18-19H,1-5,9-10H2,(H2,26,31)/t13-,16-,18+,19+/m0/s1. The summed E-state index contributed by atoms with van der Waals surface area (Å²) in [6, 6.07) is 2.75. The first-order chi connectivity index (χ1) is 16.3. The fourth-order valence-electron chi connectivity index (χ4n) is 5.38. The topological polar surface area (TPSA) is 115 Å². The van der Waals surface area contributed by atoms with Crippen molar-refractivity contribution in [3.8, 4) is 10.4 Å². The lowest BCUT2D eigenvalue weighted by Crippen LogP contribution is -2.45. The Balaban J connectivity index is 1.60. The number of carbonyl (C=O) groups excluding carboxylic acids is 3. The molecule has 0 spiro atoms. The number of likely N-dealkylation sites (tertiary alicyclic amines) is 1. The molecule has 5 rings (SSSR count). The highest BCUT2D eigenvalue weighted by Gasteiger charge is 2.53. The highest BCUT2D eigenvalue weighted by Crippen LogP contribution is 2.44. The van der Waals surface area contributed by atoms with E-state index >= 15 is 0 Å². The van der Waals surface area contributed by atoms with Crippen molar-refractivity contribution in [3.05, 3.63) is 34.2 Å². The SMILES string of the molecule is NC(=O)c1nc([C@@H](C(=O)N2C[C@H](Cl)[C@H]3OCC(=O)[C@H]32)C2CCCCC2)c(-c2ccc(Cl)nc2)s1. The molecule has 2 N–H and O–H groups in total. The fraction of sp³-hybridized carbons (Fsp3) is 0.522. The van der Waals surface area contributed by atoms with Crippen LogP contribution in [0, 0.1) is 5.92 Å². The number of alkyl halides is 1. The molecule has 180 valence electrons. The molecule has 2 saturated heterocycles. The van der Waals surface area contributed by atoms with E-state index in [9.17, 15) is 14.4 Å². The molecule has 8 nitrogen and oxygen atoms in total. The van der Waals surface area contributed by atoms with Gasteiger partial charge in [-0.3, -0.25) is 14.4 Å². The number of aromatic nitrogens is 2. The highest BCUT2D eigenvalue weighted by atomic mass is 35.5. The summed E-state index contributed by atoms with van der Waals surface area (Å²) in [7, 11) is 0. The Bertz CT molecular complexity index is 1120. The van der Waals surface area contributed by atoms with Gasteiger partial charge in [0.15, 0.2) is 10.8 Å². The van der Waals surface area contributed by atoms with Crippen LogP contribution in [0.25, 0.3) is 10.4 Å². The van der Waals surface area contributed by atoms with Gasteiger partial charge in [-0.05, 0) is 30.9 Å². The van der Waals surface area contributed by atoms with E-state index in [1.54, 1.807) is 23.2 Å². The van der Waals surface area contributed by atoms with Crippen LogP contribution in [0.5, 0.6) is 0 Å². The zero-order chi connectivity index (χ0) is 24.0.